The number of rotatable bonds is 3. The molecule has 0 aliphatic rings. The van der Waals surface area contributed by atoms with Crippen LogP contribution in [0.5, 0.6) is 0 Å². The lowest BCUT2D eigenvalue weighted by Crippen LogP contribution is -2.25. The summed E-state index contributed by atoms with van der Waals surface area (Å²) in [6, 6.07) is 1.41. The second-order valence-corrected chi connectivity index (χ2v) is 3.75. The Morgan fingerprint density at radius 1 is 1.05 bits per heavy atom. The predicted molar refractivity (Wildman–Crippen MR) is 58.2 cm³/mol. The van der Waals surface area contributed by atoms with Gasteiger partial charge in [-0.2, -0.15) is 13.2 Å². The summed E-state index contributed by atoms with van der Waals surface area (Å²) in [5.74, 6) is -5.29. The summed E-state index contributed by atoms with van der Waals surface area (Å²) in [5.41, 5.74) is -1.80. The van der Waals surface area contributed by atoms with Gasteiger partial charge in [-0.25, -0.2) is 4.39 Å². The van der Waals surface area contributed by atoms with Crippen molar-refractivity contribution in [3.8, 4) is 0 Å². The van der Waals surface area contributed by atoms with Gasteiger partial charge >= 0.3 is 18.1 Å². The maximum Gasteiger partial charge on any atom is 0.416 e. The molecule has 1 aromatic rings. The number of hydrogen-bond donors (Lipinski definition) is 0. The lowest BCUT2D eigenvalue weighted by atomic mass is 9.97. The fourth-order valence-electron chi connectivity index (χ4n) is 1.55. The van der Waals surface area contributed by atoms with Gasteiger partial charge in [-0.1, -0.05) is 0 Å². The van der Waals surface area contributed by atoms with Gasteiger partial charge < -0.3 is 9.47 Å². The van der Waals surface area contributed by atoms with Gasteiger partial charge in [0.25, 0.3) is 0 Å². The quantitative estimate of drug-likeness (QED) is 0.487. The van der Waals surface area contributed by atoms with Crippen LogP contribution in [0.2, 0.25) is 0 Å². The lowest BCUT2D eigenvalue weighted by molar-refractivity contribution is -0.154. The number of alkyl halides is 3. The van der Waals surface area contributed by atoms with Crippen LogP contribution in [0.15, 0.2) is 18.2 Å². The van der Waals surface area contributed by atoms with Crippen LogP contribution in [0, 0.1) is 5.82 Å². The average molecular weight is 294 g/mol. The van der Waals surface area contributed by atoms with Crippen LogP contribution in [-0.4, -0.2) is 26.2 Å². The van der Waals surface area contributed by atoms with E-state index < -0.39 is 41.0 Å². The van der Waals surface area contributed by atoms with Crippen molar-refractivity contribution >= 4 is 11.9 Å². The van der Waals surface area contributed by atoms with Gasteiger partial charge in [0.05, 0.1) is 19.8 Å². The van der Waals surface area contributed by atoms with Crippen LogP contribution < -0.4 is 0 Å². The van der Waals surface area contributed by atoms with Crippen molar-refractivity contribution in [3.63, 3.8) is 0 Å². The van der Waals surface area contributed by atoms with Crippen molar-refractivity contribution in [3.05, 3.63) is 35.1 Å². The zero-order valence-electron chi connectivity index (χ0n) is 10.5. The SMILES string of the molecule is COC(=O)C(C(=O)OC)c1cc(F)cc(C(F)(F)F)c1. The molecule has 0 amide bonds. The Labute approximate surface area is 111 Å². The van der Waals surface area contributed by atoms with E-state index in [1.165, 1.54) is 0 Å². The summed E-state index contributed by atoms with van der Waals surface area (Å²) >= 11 is 0. The molecule has 0 radical (unpaired) electrons. The topological polar surface area (TPSA) is 52.6 Å². The summed E-state index contributed by atoms with van der Waals surface area (Å²) in [6.45, 7) is 0. The Balaban J connectivity index is 3.37. The summed E-state index contributed by atoms with van der Waals surface area (Å²) in [6.07, 6.45) is -4.81. The summed E-state index contributed by atoms with van der Waals surface area (Å²) in [4.78, 5) is 22.9. The molecule has 4 nitrogen and oxygen atoms in total. The average Bonchev–Trinajstić information content (AvgIpc) is 2.36. The third-order valence-electron chi connectivity index (χ3n) is 2.45. The fourth-order valence-corrected chi connectivity index (χ4v) is 1.55. The number of methoxy groups -OCH3 is 2. The van der Waals surface area contributed by atoms with Crippen LogP contribution >= 0.6 is 0 Å². The summed E-state index contributed by atoms with van der Waals surface area (Å²) in [5, 5.41) is 0. The van der Waals surface area contributed by atoms with Crippen LogP contribution in [0.3, 0.4) is 0 Å². The zero-order chi connectivity index (χ0) is 15.5. The molecule has 1 rings (SSSR count). The maximum absolute atomic E-state index is 13.2. The molecule has 0 heterocycles. The van der Waals surface area contributed by atoms with Gasteiger partial charge in [-0.05, 0) is 23.8 Å². The molecule has 0 aliphatic heterocycles. The molecule has 0 fully saturated rings. The second-order valence-electron chi connectivity index (χ2n) is 3.75. The number of hydrogen-bond acceptors (Lipinski definition) is 4. The minimum Gasteiger partial charge on any atom is -0.468 e. The molecule has 0 saturated carbocycles. The highest BCUT2D eigenvalue weighted by atomic mass is 19.4. The van der Waals surface area contributed by atoms with E-state index in [1.54, 1.807) is 0 Å². The molecule has 8 heteroatoms. The Hall–Kier alpha value is -2.12. The number of esters is 2. The first kappa shape index (κ1) is 15.9. The molecule has 0 aromatic heterocycles. The highest BCUT2D eigenvalue weighted by Crippen LogP contribution is 2.32. The molecule has 0 atom stereocenters. The third kappa shape index (κ3) is 3.46. The molecule has 0 spiro atoms. The van der Waals surface area contributed by atoms with Gasteiger partial charge in [0.15, 0.2) is 5.92 Å². The molecule has 1 aromatic carbocycles. The van der Waals surface area contributed by atoms with E-state index in [0.29, 0.717) is 12.1 Å². The molecular formula is C12H10F4O4. The monoisotopic (exact) mass is 294 g/mol. The van der Waals surface area contributed by atoms with E-state index in [1.807, 2.05) is 0 Å². The van der Waals surface area contributed by atoms with Crippen molar-refractivity contribution in [1.29, 1.82) is 0 Å². The smallest absolute Gasteiger partial charge is 0.416 e. The molecule has 0 aliphatic carbocycles. The van der Waals surface area contributed by atoms with Gasteiger partial charge in [0.1, 0.15) is 5.82 Å². The van der Waals surface area contributed by atoms with Crippen LogP contribution in [0.1, 0.15) is 17.0 Å². The van der Waals surface area contributed by atoms with Crippen LogP contribution in [0.25, 0.3) is 0 Å². The van der Waals surface area contributed by atoms with E-state index >= 15 is 0 Å². The highest BCUT2D eigenvalue weighted by Gasteiger charge is 2.36. The van der Waals surface area contributed by atoms with Crippen LogP contribution in [0.4, 0.5) is 17.6 Å². The van der Waals surface area contributed by atoms with Gasteiger partial charge in [0, 0.05) is 0 Å². The molecule has 110 valence electrons. The number of benzene rings is 1. The van der Waals surface area contributed by atoms with Crippen molar-refractivity contribution in [1.82, 2.24) is 0 Å². The molecule has 0 saturated heterocycles. The summed E-state index contributed by atoms with van der Waals surface area (Å²) in [7, 11) is 1.89. The normalized spacial score (nSPS) is 11.3. The molecule has 0 N–H and O–H groups in total. The maximum atomic E-state index is 13.2. The van der Waals surface area contributed by atoms with Crippen LogP contribution in [-0.2, 0) is 25.2 Å². The van der Waals surface area contributed by atoms with E-state index in [-0.39, 0.29) is 6.07 Å². The van der Waals surface area contributed by atoms with Crippen molar-refractivity contribution in [2.45, 2.75) is 12.1 Å². The third-order valence-corrected chi connectivity index (χ3v) is 2.45. The molecule has 0 unspecified atom stereocenters. The lowest BCUT2D eigenvalue weighted by Gasteiger charge is -2.15. The van der Waals surface area contributed by atoms with Crippen molar-refractivity contribution in [2.24, 2.45) is 0 Å². The minimum absolute atomic E-state index is 0.259. The number of carbonyl (C=O) groups excluding carboxylic acids is 2. The van der Waals surface area contributed by atoms with Gasteiger partial charge in [0.2, 0.25) is 0 Å². The largest absolute Gasteiger partial charge is 0.468 e. The van der Waals surface area contributed by atoms with Crippen molar-refractivity contribution < 1.29 is 36.6 Å². The van der Waals surface area contributed by atoms with E-state index in [0.717, 1.165) is 14.2 Å². The molecular weight excluding hydrogens is 284 g/mol. The Morgan fingerprint density at radius 3 is 1.95 bits per heavy atom. The van der Waals surface area contributed by atoms with E-state index in [4.69, 9.17) is 0 Å². The predicted octanol–water partition coefficient (Wildman–Crippen LogP) is 2.27. The minimum atomic E-state index is -4.81. The first-order chi connectivity index (χ1) is 9.20. The molecule has 0 bridgehead atoms. The second kappa shape index (κ2) is 5.89. The number of halogens is 4. The number of ether oxygens (including phenoxy) is 2. The fraction of sp³-hybridized carbons (Fsp3) is 0.333. The van der Waals surface area contributed by atoms with Gasteiger partial charge in [-0.3, -0.25) is 9.59 Å². The zero-order valence-corrected chi connectivity index (χ0v) is 10.5. The Kier molecular flexibility index (Phi) is 4.69. The standard InChI is InChI=1S/C12H10F4O4/c1-19-10(17)9(11(18)20-2)6-3-7(12(14,15)16)5-8(13)4-6/h3-5,9H,1-2H3. The van der Waals surface area contributed by atoms with E-state index in [9.17, 15) is 27.2 Å². The first-order valence-electron chi connectivity index (χ1n) is 5.24. The first-order valence-corrected chi connectivity index (χ1v) is 5.24. The van der Waals surface area contributed by atoms with E-state index in [2.05, 4.69) is 9.47 Å². The number of carbonyl (C=O) groups is 2. The Morgan fingerprint density at radius 2 is 1.55 bits per heavy atom. The Bertz CT molecular complexity index is 509. The van der Waals surface area contributed by atoms with Crippen molar-refractivity contribution in [2.75, 3.05) is 14.2 Å². The van der Waals surface area contributed by atoms with Gasteiger partial charge in [-0.15, -0.1) is 0 Å². The summed E-state index contributed by atoms with van der Waals surface area (Å²) < 4.78 is 59.6. The highest BCUT2D eigenvalue weighted by molar-refractivity contribution is 6.00. The molecule has 20 heavy (non-hydrogen) atoms.